The Hall–Kier alpha value is -0.830. The summed E-state index contributed by atoms with van der Waals surface area (Å²) in [5, 5.41) is 3.23. The maximum absolute atomic E-state index is 4.25. The summed E-state index contributed by atoms with van der Waals surface area (Å²) >= 11 is 3.32. The van der Waals surface area contributed by atoms with Gasteiger partial charge in [0.1, 0.15) is 10.4 Å². The Morgan fingerprint density at radius 1 is 1.54 bits per heavy atom. The van der Waals surface area contributed by atoms with Crippen molar-refractivity contribution in [3.8, 4) is 0 Å². The monoisotopic (exact) mass is 240 g/mol. The summed E-state index contributed by atoms with van der Waals surface area (Å²) < 4.78 is 0.864. The highest BCUT2D eigenvalue weighted by atomic mass is 79.9. The minimum absolute atomic E-state index is 0.864. The minimum Gasteiger partial charge on any atom is -0.370 e. The third kappa shape index (κ3) is 4.08. The Balaban J connectivity index is 2.36. The molecule has 0 aliphatic rings. The largest absolute Gasteiger partial charge is 0.370 e. The van der Waals surface area contributed by atoms with Crippen molar-refractivity contribution < 1.29 is 0 Å². The lowest BCUT2D eigenvalue weighted by atomic mass is 10.4. The first-order valence-electron chi connectivity index (χ1n) is 4.30. The average molecular weight is 241 g/mol. The summed E-state index contributed by atoms with van der Waals surface area (Å²) in [4.78, 5) is 4.25. The van der Waals surface area contributed by atoms with Gasteiger partial charge in [0.05, 0.1) is 0 Å². The molecule has 1 heterocycles. The van der Waals surface area contributed by atoms with E-state index in [1.807, 2.05) is 25.1 Å². The maximum atomic E-state index is 4.25. The SMILES string of the molecule is C/C=C/CCNc1cccc(Br)n1. The van der Waals surface area contributed by atoms with Crippen LogP contribution in [0.4, 0.5) is 5.82 Å². The van der Waals surface area contributed by atoms with Crippen LogP contribution in [0.2, 0.25) is 0 Å². The van der Waals surface area contributed by atoms with E-state index in [2.05, 4.69) is 38.4 Å². The summed E-state index contributed by atoms with van der Waals surface area (Å²) in [5.74, 6) is 0.916. The van der Waals surface area contributed by atoms with E-state index in [4.69, 9.17) is 0 Å². The van der Waals surface area contributed by atoms with E-state index in [9.17, 15) is 0 Å². The van der Waals surface area contributed by atoms with E-state index >= 15 is 0 Å². The summed E-state index contributed by atoms with van der Waals surface area (Å²) in [6, 6.07) is 5.84. The number of nitrogens with one attached hydrogen (secondary N) is 1. The minimum atomic E-state index is 0.864. The molecule has 0 unspecified atom stereocenters. The fourth-order valence-corrected chi connectivity index (χ4v) is 1.30. The van der Waals surface area contributed by atoms with Crippen molar-refractivity contribution in [3.63, 3.8) is 0 Å². The van der Waals surface area contributed by atoms with Crippen LogP contribution in [0.1, 0.15) is 13.3 Å². The van der Waals surface area contributed by atoms with Crippen molar-refractivity contribution >= 4 is 21.7 Å². The van der Waals surface area contributed by atoms with Gasteiger partial charge in [0, 0.05) is 6.54 Å². The van der Waals surface area contributed by atoms with Crippen LogP contribution in [0.25, 0.3) is 0 Å². The van der Waals surface area contributed by atoms with Gasteiger partial charge in [-0.3, -0.25) is 0 Å². The van der Waals surface area contributed by atoms with Crippen molar-refractivity contribution in [2.45, 2.75) is 13.3 Å². The van der Waals surface area contributed by atoms with Gasteiger partial charge in [0.25, 0.3) is 0 Å². The van der Waals surface area contributed by atoms with Gasteiger partial charge in [-0.1, -0.05) is 18.2 Å². The quantitative estimate of drug-likeness (QED) is 0.497. The van der Waals surface area contributed by atoms with Crippen molar-refractivity contribution in [2.24, 2.45) is 0 Å². The summed E-state index contributed by atoms with van der Waals surface area (Å²) in [6.45, 7) is 2.95. The Labute approximate surface area is 87.2 Å². The molecule has 0 spiro atoms. The predicted molar refractivity (Wildman–Crippen MR) is 59.9 cm³/mol. The molecule has 2 nitrogen and oxygen atoms in total. The first-order chi connectivity index (χ1) is 6.33. The molecule has 0 saturated carbocycles. The molecule has 0 amide bonds. The first kappa shape index (κ1) is 10.3. The highest BCUT2D eigenvalue weighted by Crippen LogP contribution is 2.09. The zero-order valence-corrected chi connectivity index (χ0v) is 9.21. The van der Waals surface area contributed by atoms with Gasteiger partial charge in [0.2, 0.25) is 0 Å². The number of allylic oxidation sites excluding steroid dienone is 1. The molecule has 13 heavy (non-hydrogen) atoms. The van der Waals surface area contributed by atoms with E-state index in [0.717, 1.165) is 23.4 Å². The predicted octanol–water partition coefficient (Wildman–Crippen LogP) is 3.22. The second-order valence-electron chi connectivity index (χ2n) is 2.63. The number of anilines is 1. The summed E-state index contributed by atoms with van der Waals surface area (Å²) in [5.41, 5.74) is 0. The molecule has 0 aromatic carbocycles. The van der Waals surface area contributed by atoms with E-state index in [0.29, 0.717) is 0 Å². The lowest BCUT2D eigenvalue weighted by molar-refractivity contribution is 1.04. The normalized spacial score (nSPS) is 10.6. The summed E-state index contributed by atoms with van der Waals surface area (Å²) in [7, 11) is 0. The van der Waals surface area contributed by atoms with Crippen molar-refractivity contribution in [3.05, 3.63) is 35.0 Å². The van der Waals surface area contributed by atoms with Gasteiger partial charge in [-0.25, -0.2) is 4.98 Å². The van der Waals surface area contributed by atoms with Crippen molar-refractivity contribution in [1.82, 2.24) is 4.98 Å². The van der Waals surface area contributed by atoms with Gasteiger partial charge in [-0.15, -0.1) is 0 Å². The van der Waals surface area contributed by atoms with Gasteiger partial charge in [-0.2, -0.15) is 0 Å². The Morgan fingerprint density at radius 2 is 2.38 bits per heavy atom. The first-order valence-corrected chi connectivity index (χ1v) is 5.10. The lowest BCUT2D eigenvalue weighted by Gasteiger charge is -2.02. The number of aromatic nitrogens is 1. The molecule has 1 aromatic heterocycles. The zero-order valence-electron chi connectivity index (χ0n) is 7.63. The van der Waals surface area contributed by atoms with Crippen LogP contribution in [0.5, 0.6) is 0 Å². The molecule has 0 aliphatic carbocycles. The number of hydrogen-bond acceptors (Lipinski definition) is 2. The number of hydrogen-bond donors (Lipinski definition) is 1. The molecule has 70 valence electrons. The second-order valence-corrected chi connectivity index (χ2v) is 3.44. The number of nitrogens with zero attached hydrogens (tertiary/aromatic N) is 1. The van der Waals surface area contributed by atoms with Crippen LogP contribution in [0.15, 0.2) is 35.0 Å². The fraction of sp³-hybridized carbons (Fsp3) is 0.300. The maximum Gasteiger partial charge on any atom is 0.127 e. The van der Waals surface area contributed by atoms with Crippen LogP contribution in [0, 0.1) is 0 Å². The smallest absolute Gasteiger partial charge is 0.127 e. The lowest BCUT2D eigenvalue weighted by Crippen LogP contribution is -2.01. The zero-order chi connectivity index (χ0) is 9.52. The average Bonchev–Trinajstić information content (AvgIpc) is 2.13. The van der Waals surface area contributed by atoms with Gasteiger partial charge >= 0.3 is 0 Å². The number of pyridine rings is 1. The van der Waals surface area contributed by atoms with Gasteiger partial charge < -0.3 is 5.32 Å². The van der Waals surface area contributed by atoms with Gasteiger partial charge in [-0.05, 0) is 41.4 Å². The third-order valence-corrected chi connectivity index (χ3v) is 2.01. The molecule has 3 heteroatoms. The highest BCUT2D eigenvalue weighted by Gasteiger charge is 1.91. The fourth-order valence-electron chi connectivity index (χ4n) is 0.957. The van der Waals surface area contributed by atoms with Gasteiger partial charge in [0.15, 0.2) is 0 Å². The van der Waals surface area contributed by atoms with Crippen LogP contribution >= 0.6 is 15.9 Å². The molecule has 1 N–H and O–H groups in total. The number of rotatable bonds is 4. The van der Waals surface area contributed by atoms with E-state index < -0.39 is 0 Å². The van der Waals surface area contributed by atoms with Crippen LogP contribution in [-0.2, 0) is 0 Å². The molecule has 0 atom stereocenters. The molecule has 0 radical (unpaired) electrons. The molecule has 0 fully saturated rings. The second kappa shape index (κ2) is 5.75. The molecule has 0 aliphatic heterocycles. The Morgan fingerprint density at radius 3 is 3.08 bits per heavy atom. The van der Waals surface area contributed by atoms with Crippen LogP contribution in [0.3, 0.4) is 0 Å². The topological polar surface area (TPSA) is 24.9 Å². The van der Waals surface area contributed by atoms with E-state index in [1.54, 1.807) is 0 Å². The van der Waals surface area contributed by atoms with Crippen molar-refractivity contribution in [2.75, 3.05) is 11.9 Å². The number of halogens is 1. The standard InChI is InChI=1S/C10H13BrN2/c1-2-3-4-8-12-10-7-5-6-9(11)13-10/h2-3,5-7H,4,8H2,1H3,(H,12,13)/b3-2+. The Kier molecular flexibility index (Phi) is 4.54. The van der Waals surface area contributed by atoms with Crippen LogP contribution in [-0.4, -0.2) is 11.5 Å². The van der Waals surface area contributed by atoms with E-state index in [1.165, 1.54) is 0 Å². The summed E-state index contributed by atoms with van der Waals surface area (Å²) in [6.07, 6.45) is 5.21. The highest BCUT2D eigenvalue weighted by molar-refractivity contribution is 9.10. The molecular formula is C10H13BrN2. The molecule has 1 aromatic rings. The molecular weight excluding hydrogens is 228 g/mol. The third-order valence-electron chi connectivity index (χ3n) is 1.57. The van der Waals surface area contributed by atoms with Crippen LogP contribution < -0.4 is 5.32 Å². The Bertz CT molecular complexity index is 284. The van der Waals surface area contributed by atoms with Crippen molar-refractivity contribution in [1.29, 1.82) is 0 Å². The van der Waals surface area contributed by atoms with E-state index in [-0.39, 0.29) is 0 Å². The molecule has 1 rings (SSSR count). The molecule has 0 saturated heterocycles. The molecule has 0 bridgehead atoms.